The molecule has 1 fully saturated rings. The van der Waals surface area contributed by atoms with E-state index >= 15 is 0 Å². The van der Waals surface area contributed by atoms with Crippen molar-refractivity contribution in [2.45, 2.75) is 25.8 Å². The number of halogens is 2. The Kier molecular flexibility index (Phi) is 6.63. The SMILES string of the molecule is CC(NC(=O)c1ccc(Cl)cc1)C1CCCNC1.Cl. The first-order chi connectivity index (χ1) is 8.66. The quantitative estimate of drug-likeness (QED) is 0.901. The lowest BCUT2D eigenvalue weighted by atomic mass is 9.92. The molecule has 1 saturated heterocycles. The Bertz CT molecular complexity index is 402. The van der Waals surface area contributed by atoms with Gasteiger partial charge in [0.1, 0.15) is 0 Å². The molecule has 0 spiro atoms. The molecule has 106 valence electrons. The van der Waals surface area contributed by atoms with E-state index in [-0.39, 0.29) is 24.4 Å². The number of carbonyl (C=O) groups excluding carboxylic acids is 1. The molecule has 2 atom stereocenters. The zero-order valence-electron chi connectivity index (χ0n) is 11.0. The van der Waals surface area contributed by atoms with Crippen molar-refractivity contribution >= 4 is 29.9 Å². The predicted molar refractivity (Wildman–Crippen MR) is 81.2 cm³/mol. The molecule has 1 amide bonds. The highest BCUT2D eigenvalue weighted by atomic mass is 35.5. The van der Waals surface area contributed by atoms with E-state index in [0.29, 0.717) is 16.5 Å². The Morgan fingerprint density at radius 3 is 2.68 bits per heavy atom. The highest BCUT2D eigenvalue weighted by Gasteiger charge is 2.21. The molecule has 1 aromatic rings. The van der Waals surface area contributed by atoms with E-state index in [1.54, 1.807) is 24.3 Å². The van der Waals surface area contributed by atoms with Crippen LogP contribution in [0, 0.1) is 5.92 Å². The zero-order valence-corrected chi connectivity index (χ0v) is 12.6. The second kappa shape index (κ2) is 7.73. The summed E-state index contributed by atoms with van der Waals surface area (Å²) in [5.74, 6) is 0.500. The van der Waals surface area contributed by atoms with Gasteiger partial charge in [0.2, 0.25) is 0 Å². The van der Waals surface area contributed by atoms with Gasteiger partial charge < -0.3 is 10.6 Å². The van der Waals surface area contributed by atoms with Gasteiger partial charge in [-0.25, -0.2) is 0 Å². The molecule has 1 aromatic carbocycles. The van der Waals surface area contributed by atoms with Gasteiger partial charge in [0.25, 0.3) is 5.91 Å². The number of benzene rings is 1. The number of hydrogen-bond acceptors (Lipinski definition) is 2. The van der Waals surface area contributed by atoms with Crippen molar-refractivity contribution in [1.29, 1.82) is 0 Å². The fraction of sp³-hybridized carbons (Fsp3) is 0.500. The summed E-state index contributed by atoms with van der Waals surface area (Å²) in [7, 11) is 0. The minimum absolute atomic E-state index is 0. The molecule has 3 nitrogen and oxygen atoms in total. The molecular weight excluding hydrogens is 283 g/mol. The van der Waals surface area contributed by atoms with E-state index < -0.39 is 0 Å². The summed E-state index contributed by atoms with van der Waals surface area (Å²) in [4.78, 5) is 12.0. The van der Waals surface area contributed by atoms with Crippen LogP contribution in [0.5, 0.6) is 0 Å². The molecule has 1 aliphatic heterocycles. The summed E-state index contributed by atoms with van der Waals surface area (Å²) in [6.45, 7) is 4.15. The van der Waals surface area contributed by atoms with Crippen LogP contribution in [0.2, 0.25) is 5.02 Å². The lowest BCUT2D eigenvalue weighted by Gasteiger charge is -2.28. The molecule has 1 heterocycles. The maximum Gasteiger partial charge on any atom is 0.251 e. The van der Waals surface area contributed by atoms with E-state index in [4.69, 9.17) is 11.6 Å². The van der Waals surface area contributed by atoms with Crippen LogP contribution in [0.15, 0.2) is 24.3 Å². The van der Waals surface area contributed by atoms with E-state index in [1.165, 1.54) is 12.8 Å². The molecule has 2 rings (SSSR count). The lowest BCUT2D eigenvalue weighted by Crippen LogP contribution is -2.44. The number of rotatable bonds is 3. The Hall–Kier alpha value is -0.770. The Morgan fingerprint density at radius 1 is 1.42 bits per heavy atom. The summed E-state index contributed by atoms with van der Waals surface area (Å²) in [5.41, 5.74) is 0.662. The maximum atomic E-state index is 12.0. The largest absolute Gasteiger partial charge is 0.349 e. The highest BCUT2D eigenvalue weighted by Crippen LogP contribution is 2.15. The smallest absolute Gasteiger partial charge is 0.251 e. The standard InChI is InChI=1S/C14H19ClN2O.ClH/c1-10(12-3-2-8-16-9-12)17-14(18)11-4-6-13(15)7-5-11;/h4-7,10,12,16H,2-3,8-9H2,1H3,(H,17,18);1H. The van der Waals surface area contributed by atoms with Crippen LogP contribution in [0.3, 0.4) is 0 Å². The van der Waals surface area contributed by atoms with Gasteiger partial charge in [-0.2, -0.15) is 0 Å². The maximum absolute atomic E-state index is 12.0. The Balaban J connectivity index is 0.00000180. The second-order valence-electron chi connectivity index (χ2n) is 4.88. The summed E-state index contributed by atoms with van der Waals surface area (Å²) in [6, 6.07) is 7.18. The monoisotopic (exact) mass is 302 g/mol. The van der Waals surface area contributed by atoms with Gasteiger partial charge in [0.05, 0.1) is 0 Å². The molecule has 0 saturated carbocycles. The fourth-order valence-corrected chi connectivity index (χ4v) is 2.44. The normalized spacial score (nSPS) is 20.2. The van der Waals surface area contributed by atoms with Gasteiger partial charge in [-0.3, -0.25) is 4.79 Å². The van der Waals surface area contributed by atoms with E-state index in [0.717, 1.165) is 13.1 Å². The van der Waals surface area contributed by atoms with Gasteiger partial charge >= 0.3 is 0 Å². The van der Waals surface area contributed by atoms with Crippen LogP contribution in [0.25, 0.3) is 0 Å². The zero-order chi connectivity index (χ0) is 13.0. The third-order valence-corrected chi connectivity index (χ3v) is 3.76. The Labute approximate surface area is 125 Å². The first kappa shape index (κ1) is 16.3. The van der Waals surface area contributed by atoms with Crippen LogP contribution in [0.1, 0.15) is 30.1 Å². The van der Waals surface area contributed by atoms with Crippen LogP contribution < -0.4 is 10.6 Å². The molecule has 0 radical (unpaired) electrons. The van der Waals surface area contributed by atoms with Crippen LogP contribution >= 0.6 is 24.0 Å². The average molecular weight is 303 g/mol. The van der Waals surface area contributed by atoms with E-state index in [9.17, 15) is 4.79 Å². The Morgan fingerprint density at radius 2 is 2.11 bits per heavy atom. The minimum atomic E-state index is -0.0234. The summed E-state index contributed by atoms with van der Waals surface area (Å²) < 4.78 is 0. The molecular formula is C14H20Cl2N2O. The third kappa shape index (κ3) is 4.68. The first-order valence-corrected chi connectivity index (χ1v) is 6.82. The average Bonchev–Trinajstić information content (AvgIpc) is 2.40. The predicted octanol–water partition coefficient (Wildman–Crippen LogP) is 2.88. The molecule has 5 heteroatoms. The molecule has 19 heavy (non-hydrogen) atoms. The summed E-state index contributed by atoms with van der Waals surface area (Å²) in [6.07, 6.45) is 2.36. The second-order valence-corrected chi connectivity index (χ2v) is 5.31. The van der Waals surface area contributed by atoms with Gasteiger partial charge in [0, 0.05) is 16.6 Å². The van der Waals surface area contributed by atoms with Crippen molar-refractivity contribution in [2.24, 2.45) is 5.92 Å². The summed E-state index contributed by atoms with van der Waals surface area (Å²) in [5, 5.41) is 7.08. The number of nitrogens with one attached hydrogen (secondary N) is 2. The van der Waals surface area contributed by atoms with E-state index in [2.05, 4.69) is 17.6 Å². The third-order valence-electron chi connectivity index (χ3n) is 3.51. The van der Waals surface area contributed by atoms with Crippen molar-refractivity contribution in [3.05, 3.63) is 34.9 Å². The minimum Gasteiger partial charge on any atom is -0.349 e. The molecule has 0 bridgehead atoms. The molecule has 2 unspecified atom stereocenters. The number of piperidine rings is 1. The number of hydrogen-bond donors (Lipinski definition) is 2. The van der Waals surface area contributed by atoms with Crippen molar-refractivity contribution in [3.63, 3.8) is 0 Å². The molecule has 2 N–H and O–H groups in total. The van der Waals surface area contributed by atoms with Gasteiger partial charge in [0.15, 0.2) is 0 Å². The van der Waals surface area contributed by atoms with Crippen molar-refractivity contribution < 1.29 is 4.79 Å². The van der Waals surface area contributed by atoms with Gasteiger partial charge in [-0.1, -0.05) is 11.6 Å². The lowest BCUT2D eigenvalue weighted by molar-refractivity contribution is 0.0922. The van der Waals surface area contributed by atoms with Crippen molar-refractivity contribution in [3.8, 4) is 0 Å². The van der Waals surface area contributed by atoms with Crippen molar-refractivity contribution in [1.82, 2.24) is 10.6 Å². The molecule has 1 aliphatic rings. The first-order valence-electron chi connectivity index (χ1n) is 6.44. The summed E-state index contributed by atoms with van der Waals surface area (Å²) >= 11 is 5.80. The van der Waals surface area contributed by atoms with Crippen molar-refractivity contribution in [2.75, 3.05) is 13.1 Å². The van der Waals surface area contributed by atoms with E-state index in [1.807, 2.05) is 0 Å². The number of amides is 1. The van der Waals surface area contributed by atoms with Crippen LogP contribution in [0.4, 0.5) is 0 Å². The van der Waals surface area contributed by atoms with Gasteiger partial charge in [-0.15, -0.1) is 12.4 Å². The number of carbonyl (C=O) groups is 1. The topological polar surface area (TPSA) is 41.1 Å². The molecule has 0 aliphatic carbocycles. The van der Waals surface area contributed by atoms with Crippen LogP contribution in [-0.2, 0) is 0 Å². The van der Waals surface area contributed by atoms with Gasteiger partial charge in [-0.05, 0) is 63.0 Å². The molecule has 0 aromatic heterocycles. The fourth-order valence-electron chi connectivity index (χ4n) is 2.31. The highest BCUT2D eigenvalue weighted by molar-refractivity contribution is 6.30. The van der Waals surface area contributed by atoms with Crippen LogP contribution in [-0.4, -0.2) is 25.0 Å².